The van der Waals surface area contributed by atoms with Gasteiger partial charge in [-0.2, -0.15) is 0 Å². The first-order chi connectivity index (χ1) is 9.13. The molecule has 0 aromatic heterocycles. The van der Waals surface area contributed by atoms with Gasteiger partial charge in [0.2, 0.25) is 0 Å². The standard InChI is InChI=1S/C16H26O2Si/c1-5-14-19(4,17-7-3)18-13-12-16-10-8-15(6-2)9-11-16/h6,8-11H,2,5,7,12-14H2,1,3-4H3. The molecule has 106 valence electrons. The molecule has 0 aliphatic rings. The van der Waals surface area contributed by atoms with E-state index >= 15 is 0 Å². The zero-order valence-corrected chi connectivity index (χ0v) is 13.4. The van der Waals surface area contributed by atoms with E-state index in [4.69, 9.17) is 8.85 Å². The van der Waals surface area contributed by atoms with Crippen LogP contribution in [0.1, 0.15) is 31.4 Å². The molecule has 1 atom stereocenters. The topological polar surface area (TPSA) is 18.5 Å². The van der Waals surface area contributed by atoms with E-state index in [9.17, 15) is 0 Å². The minimum absolute atomic E-state index is 0.746. The molecule has 0 heterocycles. The summed E-state index contributed by atoms with van der Waals surface area (Å²) in [6, 6.07) is 9.52. The van der Waals surface area contributed by atoms with E-state index in [0.29, 0.717) is 0 Å². The van der Waals surface area contributed by atoms with E-state index in [0.717, 1.165) is 37.7 Å². The lowest BCUT2D eigenvalue weighted by molar-refractivity contribution is 0.182. The van der Waals surface area contributed by atoms with Crippen molar-refractivity contribution >= 4 is 14.6 Å². The zero-order valence-electron chi connectivity index (χ0n) is 12.4. The molecule has 0 aliphatic carbocycles. The van der Waals surface area contributed by atoms with E-state index in [1.54, 1.807) is 0 Å². The third kappa shape index (κ3) is 5.72. The maximum atomic E-state index is 6.07. The molecule has 0 radical (unpaired) electrons. The lowest BCUT2D eigenvalue weighted by Gasteiger charge is -2.26. The van der Waals surface area contributed by atoms with Crippen LogP contribution in [0.2, 0.25) is 12.6 Å². The molecule has 0 fully saturated rings. The van der Waals surface area contributed by atoms with Gasteiger partial charge in [-0.25, -0.2) is 0 Å². The van der Waals surface area contributed by atoms with E-state index in [1.807, 2.05) is 13.0 Å². The zero-order chi connectivity index (χ0) is 14.1. The lowest BCUT2D eigenvalue weighted by Crippen LogP contribution is -2.39. The summed E-state index contributed by atoms with van der Waals surface area (Å²) < 4.78 is 11.9. The van der Waals surface area contributed by atoms with Crippen LogP contribution in [-0.4, -0.2) is 21.8 Å². The predicted octanol–water partition coefficient (Wildman–Crippen LogP) is 4.41. The van der Waals surface area contributed by atoms with Gasteiger partial charge in [0.05, 0.1) is 0 Å². The highest BCUT2D eigenvalue weighted by Crippen LogP contribution is 2.16. The van der Waals surface area contributed by atoms with Gasteiger partial charge in [0.1, 0.15) is 0 Å². The molecule has 0 saturated carbocycles. The Kier molecular flexibility index (Phi) is 7.06. The summed E-state index contributed by atoms with van der Waals surface area (Å²) in [6.07, 6.45) is 3.92. The Morgan fingerprint density at radius 2 is 1.84 bits per heavy atom. The van der Waals surface area contributed by atoms with Gasteiger partial charge in [0, 0.05) is 13.2 Å². The highest BCUT2D eigenvalue weighted by Gasteiger charge is 2.29. The molecule has 0 N–H and O–H groups in total. The molecule has 0 saturated heterocycles. The third-order valence-electron chi connectivity index (χ3n) is 3.17. The van der Waals surface area contributed by atoms with Crippen LogP contribution in [0.3, 0.4) is 0 Å². The first-order valence-electron chi connectivity index (χ1n) is 7.13. The van der Waals surface area contributed by atoms with Crippen molar-refractivity contribution < 1.29 is 8.85 Å². The van der Waals surface area contributed by atoms with Gasteiger partial charge >= 0.3 is 8.56 Å². The summed E-state index contributed by atoms with van der Waals surface area (Å²) in [4.78, 5) is 0. The smallest absolute Gasteiger partial charge is 0.334 e. The maximum Gasteiger partial charge on any atom is 0.334 e. The van der Waals surface area contributed by atoms with Gasteiger partial charge in [-0.15, -0.1) is 0 Å². The van der Waals surface area contributed by atoms with Crippen LogP contribution in [0.4, 0.5) is 0 Å². The Morgan fingerprint density at radius 3 is 2.37 bits per heavy atom. The Labute approximate surface area is 118 Å². The summed E-state index contributed by atoms with van der Waals surface area (Å²) in [5.74, 6) is 0. The first kappa shape index (κ1) is 16.2. The van der Waals surface area contributed by atoms with E-state index < -0.39 is 8.56 Å². The second-order valence-corrected chi connectivity index (χ2v) is 8.21. The number of benzene rings is 1. The Bertz CT molecular complexity index is 367. The molecule has 19 heavy (non-hydrogen) atoms. The molecule has 1 rings (SSSR count). The fraction of sp³-hybridized carbons (Fsp3) is 0.500. The van der Waals surface area contributed by atoms with Gasteiger partial charge in [-0.3, -0.25) is 0 Å². The van der Waals surface area contributed by atoms with E-state index in [2.05, 4.69) is 44.3 Å². The monoisotopic (exact) mass is 278 g/mol. The van der Waals surface area contributed by atoms with Crippen LogP contribution in [0.25, 0.3) is 6.08 Å². The minimum Gasteiger partial charge on any atom is -0.395 e. The number of hydrogen-bond donors (Lipinski definition) is 0. The van der Waals surface area contributed by atoms with Crippen LogP contribution in [0, 0.1) is 0 Å². The fourth-order valence-corrected chi connectivity index (χ4v) is 4.58. The van der Waals surface area contributed by atoms with Crippen LogP contribution < -0.4 is 0 Å². The molecule has 1 aromatic rings. The average molecular weight is 278 g/mol. The Balaban J connectivity index is 2.44. The van der Waals surface area contributed by atoms with E-state index in [1.165, 1.54) is 5.56 Å². The molecule has 2 nitrogen and oxygen atoms in total. The molecule has 0 amide bonds. The van der Waals surface area contributed by atoms with Crippen molar-refractivity contribution in [2.45, 2.75) is 39.3 Å². The summed E-state index contributed by atoms with van der Waals surface area (Å²) in [5.41, 5.74) is 2.46. The van der Waals surface area contributed by atoms with Gasteiger partial charge < -0.3 is 8.85 Å². The van der Waals surface area contributed by atoms with Crippen molar-refractivity contribution in [2.24, 2.45) is 0 Å². The van der Waals surface area contributed by atoms with Crippen molar-refractivity contribution in [1.82, 2.24) is 0 Å². The van der Waals surface area contributed by atoms with Crippen LogP contribution in [0.15, 0.2) is 30.8 Å². The van der Waals surface area contributed by atoms with Gasteiger partial charge in [0.25, 0.3) is 0 Å². The third-order valence-corrected chi connectivity index (χ3v) is 6.29. The molecule has 0 aliphatic heterocycles. The molecule has 1 unspecified atom stereocenters. The van der Waals surface area contributed by atoms with E-state index in [-0.39, 0.29) is 0 Å². The number of hydrogen-bond acceptors (Lipinski definition) is 2. The molecule has 1 aromatic carbocycles. The Hall–Kier alpha value is -0.903. The SMILES string of the molecule is C=Cc1ccc(CCO[Si](C)(CCC)OCC)cc1. The summed E-state index contributed by atoms with van der Waals surface area (Å²) in [6.45, 7) is 11.6. The summed E-state index contributed by atoms with van der Waals surface area (Å²) in [7, 11) is -1.94. The van der Waals surface area contributed by atoms with Crippen molar-refractivity contribution in [3.8, 4) is 0 Å². The van der Waals surface area contributed by atoms with Crippen LogP contribution in [-0.2, 0) is 15.3 Å². The molecular formula is C16H26O2Si. The molecular weight excluding hydrogens is 252 g/mol. The predicted molar refractivity (Wildman–Crippen MR) is 84.5 cm³/mol. The van der Waals surface area contributed by atoms with Gasteiger partial charge in [0.15, 0.2) is 0 Å². The van der Waals surface area contributed by atoms with Crippen LogP contribution >= 0.6 is 0 Å². The van der Waals surface area contributed by atoms with Crippen LogP contribution in [0.5, 0.6) is 0 Å². The average Bonchev–Trinajstić information content (AvgIpc) is 2.40. The highest BCUT2D eigenvalue weighted by atomic mass is 28.4. The summed E-state index contributed by atoms with van der Waals surface area (Å²) >= 11 is 0. The normalized spacial score (nSPS) is 14.1. The number of rotatable bonds is 9. The van der Waals surface area contributed by atoms with Gasteiger partial charge in [-0.05, 0) is 37.1 Å². The van der Waals surface area contributed by atoms with Crippen molar-refractivity contribution in [2.75, 3.05) is 13.2 Å². The second-order valence-electron chi connectivity index (χ2n) is 4.86. The minimum atomic E-state index is -1.94. The molecule has 0 spiro atoms. The Morgan fingerprint density at radius 1 is 1.16 bits per heavy atom. The van der Waals surface area contributed by atoms with Crippen molar-refractivity contribution in [3.05, 3.63) is 42.0 Å². The second kappa shape index (κ2) is 8.30. The summed E-state index contributed by atoms with van der Waals surface area (Å²) in [5, 5.41) is 0. The van der Waals surface area contributed by atoms with Gasteiger partial charge in [-0.1, -0.05) is 50.3 Å². The first-order valence-corrected chi connectivity index (χ1v) is 9.65. The maximum absolute atomic E-state index is 6.07. The molecule has 0 bridgehead atoms. The fourth-order valence-electron chi connectivity index (χ4n) is 2.15. The van der Waals surface area contributed by atoms with Crippen molar-refractivity contribution in [1.29, 1.82) is 0 Å². The van der Waals surface area contributed by atoms with Crippen molar-refractivity contribution in [3.63, 3.8) is 0 Å². The largest absolute Gasteiger partial charge is 0.395 e. The highest BCUT2D eigenvalue weighted by molar-refractivity contribution is 6.66. The molecule has 3 heteroatoms. The quantitative estimate of drug-likeness (QED) is 0.623. The lowest BCUT2D eigenvalue weighted by atomic mass is 10.1.